The highest BCUT2D eigenvalue weighted by atomic mass is 79.9. The Balaban J connectivity index is 2.31. The number of hydrogen-bond donors (Lipinski definition) is 1. The lowest BCUT2D eigenvalue weighted by atomic mass is 10.1. The standard InChI is InChI=1S/C14H13BrN4O2/c1-8-5-10(6-9(2)14(8)16)17-18-13-4-3-11(19(20)21)7-12(13)15/h3-7H,16H2,1-2H3/b18-17+. The van der Waals surface area contributed by atoms with Gasteiger partial charge < -0.3 is 5.73 Å². The molecule has 0 aliphatic heterocycles. The van der Waals surface area contributed by atoms with Gasteiger partial charge in [0.1, 0.15) is 5.69 Å². The monoisotopic (exact) mass is 348 g/mol. The summed E-state index contributed by atoms with van der Waals surface area (Å²) in [7, 11) is 0. The number of non-ortho nitro benzene ring substituents is 1. The lowest BCUT2D eigenvalue weighted by molar-refractivity contribution is -0.384. The molecule has 0 heterocycles. The molecule has 108 valence electrons. The number of nitrogens with two attached hydrogens (primary N) is 1. The molecule has 21 heavy (non-hydrogen) atoms. The molecule has 0 fully saturated rings. The first-order chi connectivity index (χ1) is 9.88. The fraction of sp³-hybridized carbons (Fsp3) is 0.143. The lowest BCUT2D eigenvalue weighted by Crippen LogP contribution is -1.92. The number of anilines is 1. The van der Waals surface area contributed by atoms with E-state index >= 15 is 0 Å². The van der Waals surface area contributed by atoms with Gasteiger partial charge in [-0.25, -0.2) is 0 Å². The molecule has 0 unspecified atom stereocenters. The van der Waals surface area contributed by atoms with E-state index < -0.39 is 4.92 Å². The molecule has 2 N–H and O–H groups in total. The number of azo groups is 1. The van der Waals surface area contributed by atoms with Crippen molar-refractivity contribution in [3.05, 3.63) is 56.0 Å². The molecule has 2 aromatic rings. The zero-order valence-corrected chi connectivity index (χ0v) is 13.1. The number of nitrogen functional groups attached to an aromatic ring is 1. The van der Waals surface area contributed by atoms with Gasteiger partial charge in [-0.1, -0.05) is 0 Å². The van der Waals surface area contributed by atoms with Crippen LogP contribution in [0.1, 0.15) is 11.1 Å². The van der Waals surface area contributed by atoms with E-state index in [1.165, 1.54) is 12.1 Å². The van der Waals surface area contributed by atoms with Crippen molar-refractivity contribution < 1.29 is 4.92 Å². The summed E-state index contributed by atoms with van der Waals surface area (Å²) >= 11 is 3.25. The van der Waals surface area contributed by atoms with Gasteiger partial charge in [-0.05, 0) is 59.1 Å². The molecule has 0 aliphatic rings. The molecule has 6 nitrogen and oxygen atoms in total. The Labute approximate surface area is 130 Å². The van der Waals surface area contributed by atoms with Gasteiger partial charge in [0, 0.05) is 17.8 Å². The van der Waals surface area contributed by atoms with Gasteiger partial charge in [0.2, 0.25) is 0 Å². The molecule has 0 saturated carbocycles. The van der Waals surface area contributed by atoms with Gasteiger partial charge in [0.25, 0.3) is 5.69 Å². The predicted molar refractivity (Wildman–Crippen MR) is 85.3 cm³/mol. The Bertz CT molecular complexity index is 721. The highest BCUT2D eigenvalue weighted by molar-refractivity contribution is 9.10. The molecule has 0 amide bonds. The molecular formula is C14H13BrN4O2. The number of aryl methyl sites for hydroxylation is 2. The van der Waals surface area contributed by atoms with E-state index in [4.69, 9.17) is 5.73 Å². The minimum atomic E-state index is -0.460. The van der Waals surface area contributed by atoms with Gasteiger partial charge in [0.15, 0.2) is 0 Å². The largest absolute Gasteiger partial charge is 0.398 e. The molecule has 0 saturated heterocycles. The molecule has 0 aliphatic carbocycles. The predicted octanol–water partition coefficient (Wildman–Crippen LogP) is 4.97. The first kappa shape index (κ1) is 15.1. The highest BCUT2D eigenvalue weighted by Gasteiger charge is 2.08. The maximum absolute atomic E-state index is 10.7. The van der Waals surface area contributed by atoms with Crippen LogP contribution in [0.25, 0.3) is 0 Å². The van der Waals surface area contributed by atoms with E-state index in [9.17, 15) is 10.1 Å². The Morgan fingerprint density at radius 1 is 1.14 bits per heavy atom. The van der Waals surface area contributed by atoms with E-state index in [0.717, 1.165) is 16.8 Å². The topological polar surface area (TPSA) is 93.9 Å². The molecule has 2 rings (SSSR count). The third-order valence-electron chi connectivity index (χ3n) is 2.99. The fourth-order valence-electron chi connectivity index (χ4n) is 1.81. The summed E-state index contributed by atoms with van der Waals surface area (Å²) in [6, 6.07) is 8.01. The van der Waals surface area contributed by atoms with Crippen LogP contribution in [0, 0.1) is 24.0 Å². The number of nitro groups is 1. The van der Waals surface area contributed by atoms with Gasteiger partial charge in [-0.3, -0.25) is 10.1 Å². The average Bonchev–Trinajstić information content (AvgIpc) is 2.43. The normalized spacial score (nSPS) is 11.0. The highest BCUT2D eigenvalue weighted by Crippen LogP contribution is 2.31. The molecule has 0 aromatic heterocycles. The summed E-state index contributed by atoms with van der Waals surface area (Å²) in [5, 5.41) is 18.9. The maximum atomic E-state index is 10.7. The molecule has 0 spiro atoms. The van der Waals surface area contributed by atoms with Crippen LogP contribution in [0.15, 0.2) is 45.0 Å². The van der Waals surface area contributed by atoms with Crippen LogP contribution in [0.4, 0.5) is 22.7 Å². The SMILES string of the molecule is Cc1cc(/N=N/c2ccc([N+](=O)[O-])cc2Br)cc(C)c1N. The van der Waals surface area contributed by atoms with Crippen LogP contribution < -0.4 is 5.73 Å². The molecular weight excluding hydrogens is 336 g/mol. The Hall–Kier alpha value is -2.28. The van der Waals surface area contributed by atoms with Crippen molar-refractivity contribution in [1.29, 1.82) is 0 Å². The van der Waals surface area contributed by atoms with Crippen LogP contribution in [-0.2, 0) is 0 Å². The van der Waals surface area contributed by atoms with E-state index in [-0.39, 0.29) is 5.69 Å². The summed E-state index contributed by atoms with van der Waals surface area (Å²) < 4.78 is 0.518. The van der Waals surface area contributed by atoms with Crippen molar-refractivity contribution in [3.63, 3.8) is 0 Å². The molecule has 0 atom stereocenters. The third-order valence-corrected chi connectivity index (χ3v) is 3.63. The van der Waals surface area contributed by atoms with E-state index in [2.05, 4.69) is 26.2 Å². The third kappa shape index (κ3) is 3.43. The van der Waals surface area contributed by atoms with Crippen molar-refractivity contribution in [2.45, 2.75) is 13.8 Å². The van der Waals surface area contributed by atoms with Crippen molar-refractivity contribution in [1.82, 2.24) is 0 Å². The molecule has 0 radical (unpaired) electrons. The second-order valence-corrected chi connectivity index (χ2v) is 5.44. The second kappa shape index (κ2) is 6.01. The summed E-state index contributed by atoms with van der Waals surface area (Å²) in [6.45, 7) is 3.81. The zero-order valence-electron chi connectivity index (χ0n) is 11.5. The minimum Gasteiger partial charge on any atom is -0.398 e. The smallest absolute Gasteiger partial charge is 0.270 e. The molecule has 0 bridgehead atoms. The minimum absolute atomic E-state index is 0.00000134. The van der Waals surface area contributed by atoms with E-state index in [0.29, 0.717) is 15.8 Å². The lowest BCUT2D eigenvalue weighted by Gasteiger charge is -2.05. The van der Waals surface area contributed by atoms with E-state index in [1.54, 1.807) is 6.07 Å². The average molecular weight is 349 g/mol. The zero-order chi connectivity index (χ0) is 15.6. The Morgan fingerprint density at radius 3 is 2.29 bits per heavy atom. The van der Waals surface area contributed by atoms with Crippen LogP contribution in [0.2, 0.25) is 0 Å². The van der Waals surface area contributed by atoms with Crippen LogP contribution >= 0.6 is 15.9 Å². The van der Waals surface area contributed by atoms with Crippen molar-refractivity contribution in [2.75, 3.05) is 5.73 Å². The number of hydrogen-bond acceptors (Lipinski definition) is 5. The first-order valence-corrected chi connectivity index (χ1v) is 6.90. The van der Waals surface area contributed by atoms with Gasteiger partial charge in [-0.2, -0.15) is 5.11 Å². The number of nitrogens with zero attached hydrogens (tertiary/aromatic N) is 3. The summed E-state index contributed by atoms with van der Waals surface area (Å²) in [5.41, 5.74) is 9.70. The fourth-order valence-corrected chi connectivity index (χ4v) is 2.26. The Kier molecular flexibility index (Phi) is 4.32. The van der Waals surface area contributed by atoms with Gasteiger partial charge in [0.05, 0.1) is 15.1 Å². The van der Waals surface area contributed by atoms with Gasteiger partial charge in [-0.15, -0.1) is 5.11 Å². The van der Waals surface area contributed by atoms with E-state index in [1.807, 2.05) is 26.0 Å². The summed E-state index contributed by atoms with van der Waals surface area (Å²) in [5.74, 6) is 0. The van der Waals surface area contributed by atoms with Crippen molar-refractivity contribution in [2.24, 2.45) is 10.2 Å². The summed E-state index contributed by atoms with van der Waals surface area (Å²) in [6.07, 6.45) is 0. The van der Waals surface area contributed by atoms with Crippen LogP contribution in [-0.4, -0.2) is 4.92 Å². The quantitative estimate of drug-likeness (QED) is 0.367. The number of rotatable bonds is 3. The van der Waals surface area contributed by atoms with Crippen LogP contribution in [0.5, 0.6) is 0 Å². The van der Waals surface area contributed by atoms with Crippen molar-refractivity contribution >= 4 is 38.7 Å². The molecule has 2 aromatic carbocycles. The van der Waals surface area contributed by atoms with Crippen LogP contribution in [0.3, 0.4) is 0 Å². The second-order valence-electron chi connectivity index (χ2n) is 4.59. The first-order valence-electron chi connectivity index (χ1n) is 6.11. The molecule has 7 heteroatoms. The van der Waals surface area contributed by atoms with Gasteiger partial charge >= 0.3 is 0 Å². The number of benzene rings is 2. The number of nitro benzene ring substituents is 1. The maximum Gasteiger partial charge on any atom is 0.270 e. The van der Waals surface area contributed by atoms with Crippen molar-refractivity contribution in [3.8, 4) is 0 Å². The summed E-state index contributed by atoms with van der Waals surface area (Å²) in [4.78, 5) is 10.2. The number of halogens is 1. The Morgan fingerprint density at radius 2 is 1.76 bits per heavy atom.